The highest BCUT2D eigenvalue weighted by Gasteiger charge is 2.36. The number of anilines is 1. The molecule has 0 N–H and O–H groups in total. The summed E-state index contributed by atoms with van der Waals surface area (Å²) in [6, 6.07) is 16.2. The van der Waals surface area contributed by atoms with E-state index >= 15 is 0 Å². The molecule has 2 heterocycles. The SMILES string of the molecule is O=C1C(N2CCOC(c3ccc(F)cc3)C2)CCCN1c1ccccc1. The molecule has 0 radical (unpaired) electrons. The van der Waals surface area contributed by atoms with Crippen LogP contribution in [-0.4, -0.2) is 43.1 Å². The Labute approximate surface area is 153 Å². The minimum atomic E-state index is -0.248. The maximum atomic E-state index is 13.2. The van der Waals surface area contributed by atoms with Gasteiger partial charge in [-0.15, -0.1) is 0 Å². The summed E-state index contributed by atoms with van der Waals surface area (Å²) in [4.78, 5) is 17.2. The van der Waals surface area contributed by atoms with E-state index in [0.717, 1.165) is 37.2 Å². The molecule has 0 saturated carbocycles. The molecule has 0 bridgehead atoms. The predicted octanol–water partition coefficient (Wildman–Crippen LogP) is 3.39. The van der Waals surface area contributed by atoms with Gasteiger partial charge in [0.25, 0.3) is 0 Å². The first-order chi connectivity index (χ1) is 12.7. The van der Waals surface area contributed by atoms with Gasteiger partial charge >= 0.3 is 0 Å². The number of hydrogen-bond donors (Lipinski definition) is 0. The lowest BCUT2D eigenvalue weighted by Gasteiger charge is -2.42. The summed E-state index contributed by atoms with van der Waals surface area (Å²) in [5.41, 5.74) is 1.92. The van der Waals surface area contributed by atoms with E-state index in [1.165, 1.54) is 12.1 Å². The van der Waals surface area contributed by atoms with Crippen molar-refractivity contribution in [3.63, 3.8) is 0 Å². The Kier molecular flexibility index (Phi) is 5.00. The topological polar surface area (TPSA) is 32.8 Å². The molecule has 0 aliphatic carbocycles. The van der Waals surface area contributed by atoms with Gasteiger partial charge in [0.1, 0.15) is 5.82 Å². The zero-order valence-corrected chi connectivity index (χ0v) is 14.7. The minimum absolute atomic E-state index is 0.115. The van der Waals surface area contributed by atoms with Gasteiger partial charge in [-0.05, 0) is 42.7 Å². The van der Waals surface area contributed by atoms with E-state index in [1.807, 2.05) is 35.2 Å². The van der Waals surface area contributed by atoms with Crippen molar-refractivity contribution in [2.24, 2.45) is 0 Å². The van der Waals surface area contributed by atoms with E-state index in [0.29, 0.717) is 13.2 Å². The van der Waals surface area contributed by atoms with Crippen molar-refractivity contribution < 1.29 is 13.9 Å². The summed E-state index contributed by atoms with van der Waals surface area (Å²) < 4.78 is 19.1. The number of carbonyl (C=O) groups excluding carboxylic acids is 1. The van der Waals surface area contributed by atoms with E-state index in [2.05, 4.69) is 4.90 Å². The molecule has 2 aromatic carbocycles. The third-order valence-corrected chi connectivity index (χ3v) is 5.26. The van der Waals surface area contributed by atoms with Crippen LogP contribution in [0, 0.1) is 5.82 Å². The highest BCUT2D eigenvalue weighted by molar-refractivity contribution is 5.97. The lowest BCUT2D eigenvalue weighted by atomic mass is 9.99. The Balaban J connectivity index is 1.49. The van der Waals surface area contributed by atoms with E-state index in [9.17, 15) is 9.18 Å². The molecular weight excluding hydrogens is 331 g/mol. The second-order valence-corrected chi connectivity index (χ2v) is 6.89. The zero-order valence-electron chi connectivity index (χ0n) is 14.7. The average Bonchev–Trinajstić information content (AvgIpc) is 2.69. The molecule has 26 heavy (non-hydrogen) atoms. The van der Waals surface area contributed by atoms with E-state index in [1.54, 1.807) is 12.1 Å². The van der Waals surface area contributed by atoms with Gasteiger partial charge in [0.05, 0.1) is 18.8 Å². The first kappa shape index (κ1) is 17.2. The molecule has 2 unspecified atom stereocenters. The number of morpholine rings is 1. The van der Waals surface area contributed by atoms with Crippen LogP contribution in [0.1, 0.15) is 24.5 Å². The monoisotopic (exact) mass is 354 g/mol. The Morgan fingerprint density at radius 1 is 1.00 bits per heavy atom. The van der Waals surface area contributed by atoms with Crippen LogP contribution in [0.5, 0.6) is 0 Å². The van der Waals surface area contributed by atoms with Crippen molar-refractivity contribution in [1.29, 1.82) is 0 Å². The third kappa shape index (κ3) is 3.50. The van der Waals surface area contributed by atoms with Crippen molar-refractivity contribution >= 4 is 11.6 Å². The Bertz CT molecular complexity index is 750. The second-order valence-electron chi connectivity index (χ2n) is 6.89. The van der Waals surface area contributed by atoms with Crippen molar-refractivity contribution in [1.82, 2.24) is 4.90 Å². The Morgan fingerprint density at radius 3 is 2.54 bits per heavy atom. The summed E-state index contributed by atoms with van der Waals surface area (Å²) in [6.45, 7) is 2.75. The molecule has 2 aliphatic rings. The van der Waals surface area contributed by atoms with Gasteiger partial charge in [0.15, 0.2) is 0 Å². The number of halogens is 1. The maximum Gasteiger partial charge on any atom is 0.244 e. The second kappa shape index (κ2) is 7.56. The number of nitrogens with zero attached hydrogens (tertiary/aromatic N) is 2. The molecule has 2 saturated heterocycles. The summed E-state index contributed by atoms with van der Waals surface area (Å²) >= 11 is 0. The van der Waals surface area contributed by atoms with Crippen molar-refractivity contribution in [3.8, 4) is 0 Å². The number of piperidine rings is 1. The summed E-state index contributed by atoms with van der Waals surface area (Å²) in [5, 5.41) is 0. The number of para-hydroxylation sites is 1. The fraction of sp³-hybridized carbons (Fsp3) is 0.381. The number of carbonyl (C=O) groups is 1. The lowest BCUT2D eigenvalue weighted by molar-refractivity contribution is -0.129. The fourth-order valence-corrected chi connectivity index (χ4v) is 3.89. The summed E-state index contributed by atoms with van der Waals surface area (Å²) in [7, 11) is 0. The van der Waals surface area contributed by atoms with Crippen molar-refractivity contribution in [2.75, 3.05) is 31.1 Å². The molecule has 136 valence electrons. The molecular formula is C21H23FN2O2. The van der Waals surface area contributed by atoms with Crippen LogP contribution < -0.4 is 4.90 Å². The molecule has 2 aromatic rings. The van der Waals surface area contributed by atoms with Crippen LogP contribution in [0.25, 0.3) is 0 Å². The third-order valence-electron chi connectivity index (χ3n) is 5.26. The number of rotatable bonds is 3. The fourth-order valence-electron chi connectivity index (χ4n) is 3.89. The van der Waals surface area contributed by atoms with Gasteiger partial charge < -0.3 is 9.64 Å². The highest BCUT2D eigenvalue weighted by Crippen LogP contribution is 2.28. The van der Waals surface area contributed by atoms with Crippen molar-refractivity contribution in [2.45, 2.75) is 25.0 Å². The van der Waals surface area contributed by atoms with Crippen LogP contribution >= 0.6 is 0 Å². The molecule has 0 spiro atoms. The molecule has 4 rings (SSSR count). The molecule has 2 aliphatic heterocycles. The molecule has 1 amide bonds. The Hall–Kier alpha value is -2.24. The van der Waals surface area contributed by atoms with Gasteiger partial charge in [-0.3, -0.25) is 9.69 Å². The van der Waals surface area contributed by atoms with Gasteiger partial charge in [-0.25, -0.2) is 4.39 Å². The number of hydrogen-bond acceptors (Lipinski definition) is 3. The van der Waals surface area contributed by atoms with Crippen LogP contribution in [0.4, 0.5) is 10.1 Å². The zero-order chi connectivity index (χ0) is 17.9. The van der Waals surface area contributed by atoms with E-state index in [4.69, 9.17) is 4.74 Å². The standard InChI is InChI=1S/C21H23FN2O2/c22-17-10-8-16(9-11-17)20-15-23(13-14-26-20)19-7-4-12-24(21(19)25)18-5-2-1-3-6-18/h1-3,5-6,8-11,19-20H,4,7,12-15H2. The van der Waals surface area contributed by atoms with Crippen LogP contribution in [0.3, 0.4) is 0 Å². The number of ether oxygens (including phenoxy) is 1. The van der Waals surface area contributed by atoms with Gasteiger partial charge in [-0.1, -0.05) is 30.3 Å². The summed E-state index contributed by atoms with van der Waals surface area (Å²) in [6.07, 6.45) is 1.74. The van der Waals surface area contributed by atoms with Crippen LogP contribution in [0.2, 0.25) is 0 Å². The molecule has 2 atom stereocenters. The highest BCUT2D eigenvalue weighted by atomic mass is 19.1. The lowest BCUT2D eigenvalue weighted by Crippen LogP contribution is -2.55. The molecule has 5 heteroatoms. The number of amides is 1. The van der Waals surface area contributed by atoms with Gasteiger partial charge in [0.2, 0.25) is 5.91 Å². The first-order valence-corrected chi connectivity index (χ1v) is 9.20. The average molecular weight is 354 g/mol. The summed E-state index contributed by atoms with van der Waals surface area (Å²) in [5.74, 6) is -0.0791. The van der Waals surface area contributed by atoms with E-state index < -0.39 is 0 Å². The number of benzene rings is 2. The van der Waals surface area contributed by atoms with Crippen LogP contribution in [-0.2, 0) is 9.53 Å². The van der Waals surface area contributed by atoms with E-state index in [-0.39, 0.29) is 23.9 Å². The smallest absolute Gasteiger partial charge is 0.244 e. The quantitative estimate of drug-likeness (QED) is 0.847. The molecule has 4 nitrogen and oxygen atoms in total. The van der Waals surface area contributed by atoms with Gasteiger partial charge in [-0.2, -0.15) is 0 Å². The van der Waals surface area contributed by atoms with Gasteiger partial charge in [0, 0.05) is 25.3 Å². The maximum absolute atomic E-state index is 13.2. The first-order valence-electron chi connectivity index (χ1n) is 9.20. The molecule has 2 fully saturated rings. The van der Waals surface area contributed by atoms with Crippen LogP contribution in [0.15, 0.2) is 54.6 Å². The largest absolute Gasteiger partial charge is 0.371 e. The predicted molar refractivity (Wildman–Crippen MR) is 98.5 cm³/mol. The Morgan fingerprint density at radius 2 is 1.77 bits per heavy atom. The minimum Gasteiger partial charge on any atom is -0.371 e. The van der Waals surface area contributed by atoms with Crippen molar-refractivity contribution in [3.05, 3.63) is 66.0 Å². The molecule has 0 aromatic heterocycles. The normalized spacial score (nSPS) is 24.7.